The Morgan fingerprint density at radius 1 is 1.18 bits per heavy atom. The highest BCUT2D eigenvalue weighted by Crippen LogP contribution is 2.16. The molecule has 0 aromatic rings. The average Bonchev–Trinajstić information content (AvgIpc) is 2.03. The third-order valence-electron chi connectivity index (χ3n) is 2.54. The summed E-state index contributed by atoms with van der Waals surface area (Å²) in [6.45, 7) is 4.89. The van der Waals surface area contributed by atoms with Gasteiger partial charge in [0.25, 0.3) is 0 Å². The molecule has 1 aliphatic rings. The zero-order valence-electron chi connectivity index (χ0n) is 7.84. The van der Waals surface area contributed by atoms with Gasteiger partial charge in [-0.15, -0.1) is 0 Å². The van der Waals surface area contributed by atoms with Crippen LogP contribution in [-0.4, -0.2) is 24.6 Å². The third kappa shape index (κ3) is 2.66. The van der Waals surface area contributed by atoms with Gasteiger partial charge >= 0.3 is 0 Å². The molecule has 0 aliphatic carbocycles. The van der Waals surface area contributed by atoms with Crippen molar-refractivity contribution in [3.05, 3.63) is 12.3 Å². The summed E-state index contributed by atoms with van der Waals surface area (Å²) < 4.78 is 1.17. The number of likely N-dealkylation sites (tertiary alicyclic amines) is 1. The molecule has 1 saturated heterocycles. The van der Waals surface area contributed by atoms with Crippen LogP contribution < -0.4 is 0 Å². The molecule has 0 N–H and O–H groups in total. The summed E-state index contributed by atoms with van der Waals surface area (Å²) in [7, 11) is 2.34. The number of quaternary nitrogens is 1. The molecule has 1 aliphatic heterocycles. The van der Waals surface area contributed by atoms with Gasteiger partial charge in [-0.25, -0.2) is 0 Å². The van der Waals surface area contributed by atoms with E-state index < -0.39 is 0 Å². The first kappa shape index (κ1) is 8.79. The lowest BCUT2D eigenvalue weighted by atomic mass is 10.1. The van der Waals surface area contributed by atoms with Crippen LogP contribution in [0.3, 0.4) is 0 Å². The molecule has 0 saturated carbocycles. The molecule has 1 nitrogen and oxygen atoms in total. The van der Waals surface area contributed by atoms with Crippen molar-refractivity contribution < 1.29 is 4.48 Å². The Kier molecular flexibility index (Phi) is 3.13. The molecule has 1 heterocycles. The first-order valence-electron chi connectivity index (χ1n) is 4.79. The fraction of sp³-hybridized carbons (Fsp3) is 0.800. The molecule has 1 fully saturated rings. The van der Waals surface area contributed by atoms with E-state index >= 15 is 0 Å². The van der Waals surface area contributed by atoms with Crippen LogP contribution in [0, 0.1) is 0 Å². The largest absolute Gasteiger partial charge is 0.300 e. The Bertz CT molecular complexity index is 132. The van der Waals surface area contributed by atoms with Gasteiger partial charge in [0.05, 0.1) is 26.3 Å². The standard InChI is InChI=1S/C10H20N/c1-3-4-8-11(2)9-6-5-7-10-11/h4,8H,3,5-7,9-10H2,1-2H3/q+1. The van der Waals surface area contributed by atoms with Crippen molar-refractivity contribution in [3.8, 4) is 0 Å². The first-order chi connectivity index (χ1) is 5.27. The van der Waals surface area contributed by atoms with Crippen LogP contribution >= 0.6 is 0 Å². The maximum absolute atomic E-state index is 2.37. The second-order valence-corrected chi connectivity index (χ2v) is 3.78. The van der Waals surface area contributed by atoms with Crippen LogP contribution in [0.25, 0.3) is 0 Å². The Balaban J connectivity index is 2.43. The second kappa shape index (κ2) is 3.91. The molecule has 0 aromatic carbocycles. The number of nitrogens with zero attached hydrogens (tertiary/aromatic N) is 1. The van der Waals surface area contributed by atoms with E-state index in [0.717, 1.165) is 0 Å². The highest BCUT2D eigenvalue weighted by atomic mass is 15.3. The molecular formula is C10H20N+. The zero-order valence-corrected chi connectivity index (χ0v) is 7.84. The maximum Gasteiger partial charge on any atom is 0.0915 e. The highest BCUT2D eigenvalue weighted by molar-refractivity contribution is 4.73. The monoisotopic (exact) mass is 154 g/mol. The van der Waals surface area contributed by atoms with Gasteiger partial charge in [-0.3, -0.25) is 4.48 Å². The summed E-state index contributed by atoms with van der Waals surface area (Å²) >= 11 is 0. The highest BCUT2D eigenvalue weighted by Gasteiger charge is 2.21. The van der Waals surface area contributed by atoms with Crippen molar-refractivity contribution in [1.29, 1.82) is 0 Å². The van der Waals surface area contributed by atoms with Crippen molar-refractivity contribution >= 4 is 0 Å². The Labute approximate surface area is 70.3 Å². The van der Waals surface area contributed by atoms with E-state index in [0.29, 0.717) is 0 Å². The quantitative estimate of drug-likeness (QED) is 0.536. The summed E-state index contributed by atoms with van der Waals surface area (Å²) in [5, 5.41) is 0. The van der Waals surface area contributed by atoms with Gasteiger partial charge in [-0.05, 0) is 31.8 Å². The summed E-state index contributed by atoms with van der Waals surface area (Å²) in [6.07, 6.45) is 10.1. The topological polar surface area (TPSA) is 0 Å². The zero-order chi connectivity index (χ0) is 8.16. The van der Waals surface area contributed by atoms with E-state index in [-0.39, 0.29) is 0 Å². The average molecular weight is 154 g/mol. The second-order valence-electron chi connectivity index (χ2n) is 3.78. The van der Waals surface area contributed by atoms with Crippen LogP contribution in [0.5, 0.6) is 0 Å². The lowest BCUT2D eigenvalue weighted by molar-refractivity contribution is -0.864. The number of rotatable bonds is 2. The molecule has 0 spiro atoms. The van der Waals surface area contributed by atoms with E-state index in [4.69, 9.17) is 0 Å². The van der Waals surface area contributed by atoms with E-state index in [9.17, 15) is 0 Å². The van der Waals surface area contributed by atoms with Crippen LogP contribution in [-0.2, 0) is 0 Å². The lowest BCUT2D eigenvalue weighted by Gasteiger charge is -2.33. The number of hydrogen-bond acceptors (Lipinski definition) is 0. The number of allylic oxidation sites excluding steroid dienone is 1. The van der Waals surface area contributed by atoms with Crippen molar-refractivity contribution in [2.45, 2.75) is 32.6 Å². The molecule has 0 bridgehead atoms. The molecule has 11 heavy (non-hydrogen) atoms. The van der Waals surface area contributed by atoms with Crippen LogP contribution in [0.2, 0.25) is 0 Å². The molecule has 0 unspecified atom stereocenters. The van der Waals surface area contributed by atoms with Crippen LogP contribution in [0.4, 0.5) is 0 Å². The van der Waals surface area contributed by atoms with Gasteiger partial charge in [-0.2, -0.15) is 0 Å². The molecule has 0 atom stereocenters. The van der Waals surface area contributed by atoms with Gasteiger partial charge in [0.1, 0.15) is 0 Å². The Morgan fingerprint density at radius 3 is 2.36 bits per heavy atom. The third-order valence-corrected chi connectivity index (χ3v) is 2.54. The summed E-state index contributed by atoms with van der Waals surface area (Å²) in [4.78, 5) is 0. The molecule has 0 aromatic heterocycles. The van der Waals surface area contributed by atoms with E-state index in [1.54, 1.807) is 0 Å². The normalized spacial score (nSPS) is 24.2. The Morgan fingerprint density at radius 2 is 1.82 bits per heavy atom. The molecule has 1 heteroatoms. The number of piperidine rings is 1. The summed E-state index contributed by atoms with van der Waals surface area (Å²) in [5.41, 5.74) is 0. The van der Waals surface area contributed by atoms with Gasteiger partial charge in [0, 0.05) is 0 Å². The molecule has 1 rings (SSSR count). The molecular weight excluding hydrogens is 134 g/mol. The minimum absolute atomic E-state index is 1.17. The van der Waals surface area contributed by atoms with Gasteiger partial charge in [0.2, 0.25) is 0 Å². The maximum atomic E-state index is 2.37. The summed E-state index contributed by atoms with van der Waals surface area (Å²) in [6, 6.07) is 0. The molecule has 0 radical (unpaired) electrons. The first-order valence-corrected chi connectivity index (χ1v) is 4.79. The van der Waals surface area contributed by atoms with Crippen LogP contribution in [0.1, 0.15) is 32.6 Å². The minimum atomic E-state index is 1.17. The molecule has 0 amide bonds. The van der Waals surface area contributed by atoms with E-state index in [2.05, 4.69) is 26.2 Å². The van der Waals surface area contributed by atoms with Crippen molar-refractivity contribution in [2.24, 2.45) is 0 Å². The fourth-order valence-corrected chi connectivity index (χ4v) is 1.74. The van der Waals surface area contributed by atoms with Crippen LogP contribution in [0.15, 0.2) is 12.3 Å². The van der Waals surface area contributed by atoms with Gasteiger partial charge in [-0.1, -0.05) is 6.92 Å². The van der Waals surface area contributed by atoms with Crippen molar-refractivity contribution in [1.82, 2.24) is 0 Å². The number of hydrogen-bond donors (Lipinski definition) is 0. The van der Waals surface area contributed by atoms with Gasteiger partial charge in [0.15, 0.2) is 0 Å². The van der Waals surface area contributed by atoms with E-state index in [1.807, 2.05) is 0 Å². The van der Waals surface area contributed by atoms with Crippen molar-refractivity contribution in [3.63, 3.8) is 0 Å². The predicted octanol–water partition coefficient (Wildman–Crippen LogP) is 2.54. The Hall–Kier alpha value is -0.300. The SMILES string of the molecule is CCC=C[N+]1(C)CCCCC1. The predicted molar refractivity (Wildman–Crippen MR) is 49.2 cm³/mol. The van der Waals surface area contributed by atoms with Gasteiger partial charge < -0.3 is 0 Å². The summed E-state index contributed by atoms with van der Waals surface area (Å²) in [5.74, 6) is 0. The minimum Gasteiger partial charge on any atom is -0.300 e. The lowest BCUT2D eigenvalue weighted by Crippen LogP contribution is -2.42. The fourth-order valence-electron chi connectivity index (χ4n) is 1.74. The molecule has 64 valence electrons. The van der Waals surface area contributed by atoms with E-state index in [1.165, 1.54) is 43.3 Å². The smallest absolute Gasteiger partial charge is 0.0915 e. The van der Waals surface area contributed by atoms with Crippen molar-refractivity contribution in [2.75, 3.05) is 20.1 Å².